The van der Waals surface area contributed by atoms with Crippen molar-refractivity contribution in [2.24, 2.45) is 0 Å². The molecule has 10 rings (SSSR count). The summed E-state index contributed by atoms with van der Waals surface area (Å²) in [6.45, 7) is 0. The van der Waals surface area contributed by atoms with Gasteiger partial charge in [-0.25, -0.2) is 15.0 Å². The maximum Gasteiger partial charge on any atom is 0.179 e. The van der Waals surface area contributed by atoms with Crippen LogP contribution in [0.25, 0.3) is 67.5 Å². The third-order valence-electron chi connectivity index (χ3n) is 11.5. The van der Waals surface area contributed by atoms with Crippen molar-refractivity contribution in [1.82, 2.24) is 15.0 Å². The van der Waals surface area contributed by atoms with Gasteiger partial charge in [0.15, 0.2) is 25.5 Å². The second kappa shape index (κ2) is 16.8. The van der Waals surface area contributed by atoms with E-state index in [9.17, 15) is 0 Å². The van der Waals surface area contributed by atoms with Crippen LogP contribution in [-0.2, 0) is 0 Å². The lowest BCUT2D eigenvalue weighted by atomic mass is 9.86. The number of nitrogens with zero attached hydrogens (tertiary/aromatic N) is 3. The number of rotatable bonds is 10. The highest BCUT2D eigenvalue weighted by Gasteiger charge is 2.41. The molecule has 1 aromatic heterocycles. The van der Waals surface area contributed by atoms with Gasteiger partial charge in [-0.05, 0) is 60.7 Å². The van der Waals surface area contributed by atoms with Gasteiger partial charge >= 0.3 is 0 Å². The topological polar surface area (TPSA) is 38.7 Å². The highest BCUT2D eigenvalue weighted by molar-refractivity contribution is 7.19. The van der Waals surface area contributed by atoms with Crippen LogP contribution in [0.5, 0.6) is 0 Å². The summed E-state index contributed by atoms with van der Waals surface area (Å²) in [5.74, 6) is 1.87. The minimum Gasteiger partial charge on any atom is -0.208 e. The van der Waals surface area contributed by atoms with Gasteiger partial charge in [0.1, 0.15) is 0 Å². The van der Waals surface area contributed by atoms with Crippen LogP contribution in [0.2, 0.25) is 0 Å². The lowest BCUT2D eigenvalue weighted by Crippen LogP contribution is -2.74. The Kier molecular flexibility index (Phi) is 10.3. The average molecular weight is 796 g/mol. The Balaban J connectivity index is 1.30. The molecule has 0 saturated carbocycles. The number of benzene rings is 9. The molecule has 0 aliphatic carbocycles. The van der Waals surface area contributed by atoms with E-state index in [1.54, 1.807) is 0 Å². The lowest BCUT2D eigenvalue weighted by molar-refractivity contribution is 1.07. The van der Waals surface area contributed by atoms with Crippen LogP contribution >= 0.6 is 0 Å². The van der Waals surface area contributed by atoms with Crippen molar-refractivity contribution in [2.45, 2.75) is 0 Å². The van der Waals surface area contributed by atoms with Crippen molar-refractivity contribution in [3.63, 3.8) is 0 Å². The summed E-state index contributed by atoms with van der Waals surface area (Å²) in [6, 6.07) is 89.0. The first kappa shape index (κ1) is 37.5. The SMILES string of the molecule is c1ccc(-c2cc(-c3cccc([Si](c4ccccc4)(c4ccccc4)c4ccccc4)c3)c(-c3ccccc3)c(-c3nc(-c4ccccc4)nc(-c4ccccc4)n3)c2)cc1. The molecule has 0 atom stereocenters. The van der Waals surface area contributed by atoms with Gasteiger partial charge in [0.25, 0.3) is 0 Å². The van der Waals surface area contributed by atoms with Gasteiger partial charge in [0.2, 0.25) is 0 Å². The summed E-state index contributed by atoms with van der Waals surface area (Å²) < 4.78 is 0. The van der Waals surface area contributed by atoms with Crippen LogP contribution in [0, 0.1) is 0 Å². The Bertz CT molecular complexity index is 2880. The minimum atomic E-state index is -2.84. The molecule has 0 amide bonds. The zero-order valence-electron chi connectivity index (χ0n) is 33.5. The molecule has 0 radical (unpaired) electrons. The fraction of sp³-hybridized carbons (Fsp3) is 0. The fourth-order valence-corrected chi connectivity index (χ4v) is 13.5. The molecule has 0 saturated heterocycles. The third-order valence-corrected chi connectivity index (χ3v) is 16.3. The maximum absolute atomic E-state index is 5.32. The average Bonchev–Trinajstić information content (AvgIpc) is 3.36. The number of hydrogen-bond acceptors (Lipinski definition) is 3. The molecular formula is C57H41N3Si. The van der Waals surface area contributed by atoms with E-state index in [1.165, 1.54) is 20.7 Å². The van der Waals surface area contributed by atoms with Crippen molar-refractivity contribution in [2.75, 3.05) is 0 Å². The van der Waals surface area contributed by atoms with Crippen LogP contribution in [0.1, 0.15) is 0 Å². The fourth-order valence-electron chi connectivity index (χ4n) is 8.67. The smallest absolute Gasteiger partial charge is 0.179 e. The molecule has 3 nitrogen and oxygen atoms in total. The van der Waals surface area contributed by atoms with Crippen molar-refractivity contribution >= 4 is 28.8 Å². The molecule has 0 bridgehead atoms. The second-order valence-corrected chi connectivity index (χ2v) is 19.0. The molecule has 288 valence electrons. The molecule has 0 aliphatic heterocycles. The Morgan fingerprint density at radius 3 is 1.03 bits per heavy atom. The van der Waals surface area contributed by atoms with Gasteiger partial charge in [-0.2, -0.15) is 0 Å². The molecular weight excluding hydrogens is 755 g/mol. The summed E-state index contributed by atoms with van der Waals surface area (Å²) in [5, 5.41) is 5.30. The van der Waals surface area contributed by atoms with E-state index in [4.69, 9.17) is 15.0 Å². The van der Waals surface area contributed by atoms with Crippen molar-refractivity contribution in [3.05, 3.63) is 249 Å². The first-order chi connectivity index (χ1) is 30.3. The Morgan fingerprint density at radius 1 is 0.230 bits per heavy atom. The minimum absolute atomic E-state index is 0.614. The molecule has 61 heavy (non-hydrogen) atoms. The molecule has 0 unspecified atom stereocenters. The monoisotopic (exact) mass is 795 g/mol. The van der Waals surface area contributed by atoms with E-state index in [2.05, 4.69) is 212 Å². The Labute approximate surface area is 358 Å². The first-order valence-corrected chi connectivity index (χ1v) is 22.7. The molecule has 4 heteroatoms. The predicted molar refractivity (Wildman–Crippen MR) is 256 cm³/mol. The predicted octanol–water partition coefficient (Wildman–Crippen LogP) is 11.3. The van der Waals surface area contributed by atoms with Gasteiger partial charge in [-0.1, -0.05) is 237 Å². The van der Waals surface area contributed by atoms with E-state index in [-0.39, 0.29) is 0 Å². The van der Waals surface area contributed by atoms with Crippen LogP contribution in [0.4, 0.5) is 0 Å². The molecule has 0 N–H and O–H groups in total. The Hall–Kier alpha value is -7.79. The highest BCUT2D eigenvalue weighted by Crippen LogP contribution is 2.43. The van der Waals surface area contributed by atoms with Crippen molar-refractivity contribution in [1.29, 1.82) is 0 Å². The standard InChI is InChI=1S/C57H41N3Si/c1-8-23-42(24-9-1)47-40-52(46-31-22-38-51(39-46)61(48-32-16-5-17-33-48,49-34-18-6-19-35-49)50-36-20-7-21-37-50)54(43-25-10-2-11-26-43)53(41-47)57-59-55(44-27-12-3-13-28-44)58-56(60-57)45-29-14-4-15-30-45/h1-41H. The van der Waals surface area contributed by atoms with Crippen LogP contribution in [0.3, 0.4) is 0 Å². The largest absolute Gasteiger partial charge is 0.208 e. The van der Waals surface area contributed by atoms with E-state index in [0.717, 1.165) is 50.1 Å². The van der Waals surface area contributed by atoms with E-state index >= 15 is 0 Å². The van der Waals surface area contributed by atoms with Gasteiger partial charge in [0, 0.05) is 22.3 Å². The molecule has 0 spiro atoms. The van der Waals surface area contributed by atoms with Crippen molar-refractivity contribution in [3.8, 4) is 67.5 Å². The van der Waals surface area contributed by atoms with Gasteiger partial charge < -0.3 is 0 Å². The third kappa shape index (κ3) is 7.31. The summed E-state index contributed by atoms with van der Waals surface area (Å²) in [5.41, 5.74) is 9.36. The van der Waals surface area contributed by atoms with Crippen LogP contribution in [-0.4, -0.2) is 23.0 Å². The maximum atomic E-state index is 5.32. The molecule has 9 aromatic carbocycles. The van der Waals surface area contributed by atoms with E-state index in [1.807, 2.05) is 36.4 Å². The zero-order valence-corrected chi connectivity index (χ0v) is 34.5. The van der Waals surface area contributed by atoms with Crippen LogP contribution in [0.15, 0.2) is 249 Å². The normalized spacial score (nSPS) is 11.3. The molecule has 0 fully saturated rings. The summed E-state index contributed by atoms with van der Waals surface area (Å²) >= 11 is 0. The van der Waals surface area contributed by atoms with E-state index < -0.39 is 8.07 Å². The Morgan fingerprint density at radius 2 is 0.574 bits per heavy atom. The first-order valence-electron chi connectivity index (χ1n) is 20.7. The van der Waals surface area contributed by atoms with Gasteiger partial charge in [0.05, 0.1) is 0 Å². The van der Waals surface area contributed by atoms with Crippen molar-refractivity contribution < 1.29 is 0 Å². The van der Waals surface area contributed by atoms with Crippen LogP contribution < -0.4 is 20.7 Å². The zero-order chi connectivity index (χ0) is 40.9. The highest BCUT2D eigenvalue weighted by atomic mass is 28.3. The number of hydrogen-bond donors (Lipinski definition) is 0. The molecule has 10 aromatic rings. The lowest BCUT2D eigenvalue weighted by Gasteiger charge is -2.34. The quantitative estimate of drug-likeness (QED) is 0.102. The summed E-state index contributed by atoms with van der Waals surface area (Å²) in [6.07, 6.45) is 0. The summed E-state index contributed by atoms with van der Waals surface area (Å²) in [7, 11) is -2.84. The molecule has 0 aliphatic rings. The molecule has 1 heterocycles. The van der Waals surface area contributed by atoms with E-state index in [0.29, 0.717) is 17.5 Å². The summed E-state index contributed by atoms with van der Waals surface area (Å²) in [4.78, 5) is 15.7. The second-order valence-electron chi connectivity index (χ2n) is 15.1. The number of aromatic nitrogens is 3. The van der Waals surface area contributed by atoms with Gasteiger partial charge in [-0.15, -0.1) is 0 Å². The van der Waals surface area contributed by atoms with Gasteiger partial charge in [-0.3, -0.25) is 0 Å².